The van der Waals surface area contributed by atoms with Crippen LogP contribution < -0.4 is 0 Å². The third-order valence-electron chi connectivity index (χ3n) is 15.6. The molecule has 13 aromatic rings. The molecule has 0 radical (unpaired) electrons. The number of aromatic nitrogens is 2. The van der Waals surface area contributed by atoms with E-state index < -0.39 is 0 Å². The molecule has 0 aliphatic heterocycles. The van der Waals surface area contributed by atoms with Gasteiger partial charge in [0.15, 0.2) is 0 Å². The topological polar surface area (TPSA) is 9.86 Å². The zero-order chi connectivity index (χ0) is 48.6. The molecule has 2 heterocycles. The highest BCUT2D eigenvalue weighted by Crippen LogP contribution is 2.52. The Morgan fingerprint density at radius 1 is 0.260 bits per heavy atom. The van der Waals surface area contributed by atoms with Crippen molar-refractivity contribution in [2.45, 2.75) is 19.3 Å². The van der Waals surface area contributed by atoms with E-state index in [1.165, 1.54) is 99.1 Å². The molecule has 0 spiro atoms. The number of rotatable bonds is 8. The monoisotopic (exact) mass is 930 g/mol. The first kappa shape index (κ1) is 42.6. The van der Waals surface area contributed by atoms with Crippen molar-refractivity contribution in [3.8, 4) is 89.8 Å². The molecular formula is C71H50N2. The summed E-state index contributed by atoms with van der Waals surface area (Å²) in [6.07, 6.45) is 0. The molecule has 73 heavy (non-hydrogen) atoms. The van der Waals surface area contributed by atoms with Gasteiger partial charge in [-0.25, -0.2) is 0 Å². The Morgan fingerprint density at radius 2 is 0.658 bits per heavy atom. The Hall–Kier alpha value is -9.24. The van der Waals surface area contributed by atoms with E-state index in [4.69, 9.17) is 0 Å². The van der Waals surface area contributed by atoms with Gasteiger partial charge in [-0.2, -0.15) is 0 Å². The summed E-state index contributed by atoms with van der Waals surface area (Å²) in [5.41, 5.74) is 21.5. The number of hydrogen-bond acceptors (Lipinski definition) is 0. The maximum atomic E-state index is 2.51. The highest BCUT2D eigenvalue weighted by Gasteiger charge is 2.35. The summed E-state index contributed by atoms with van der Waals surface area (Å²) >= 11 is 0. The minimum atomic E-state index is -0.173. The van der Waals surface area contributed by atoms with Crippen LogP contribution in [-0.4, -0.2) is 9.13 Å². The van der Waals surface area contributed by atoms with Gasteiger partial charge in [0.25, 0.3) is 0 Å². The second-order valence-corrected chi connectivity index (χ2v) is 20.0. The highest BCUT2D eigenvalue weighted by molar-refractivity contribution is 6.22. The maximum Gasteiger partial charge on any atom is 0.0535 e. The summed E-state index contributed by atoms with van der Waals surface area (Å²) in [6, 6.07) is 98.8. The van der Waals surface area contributed by atoms with Gasteiger partial charge in [0, 0.05) is 16.8 Å². The zero-order valence-electron chi connectivity index (χ0n) is 40.8. The van der Waals surface area contributed by atoms with E-state index in [0.717, 1.165) is 34.2 Å². The summed E-state index contributed by atoms with van der Waals surface area (Å²) in [4.78, 5) is 0. The van der Waals surface area contributed by atoms with E-state index in [9.17, 15) is 0 Å². The Morgan fingerprint density at radius 3 is 1.15 bits per heavy atom. The summed E-state index contributed by atoms with van der Waals surface area (Å²) < 4.78 is 4.92. The average molecular weight is 931 g/mol. The van der Waals surface area contributed by atoms with Crippen molar-refractivity contribution in [3.63, 3.8) is 0 Å². The van der Waals surface area contributed by atoms with Gasteiger partial charge in [0.2, 0.25) is 0 Å². The number of hydrogen-bond donors (Lipinski definition) is 0. The van der Waals surface area contributed by atoms with Crippen LogP contribution in [0.3, 0.4) is 0 Å². The Balaban J connectivity index is 1.11. The van der Waals surface area contributed by atoms with E-state index in [2.05, 4.69) is 290 Å². The van der Waals surface area contributed by atoms with Crippen LogP contribution in [0.5, 0.6) is 0 Å². The molecular weight excluding hydrogens is 881 g/mol. The van der Waals surface area contributed by atoms with Gasteiger partial charge in [-0.1, -0.05) is 220 Å². The first-order valence-electron chi connectivity index (χ1n) is 25.4. The average Bonchev–Trinajstić information content (AvgIpc) is 4.17. The van der Waals surface area contributed by atoms with Crippen LogP contribution in [0.4, 0.5) is 0 Å². The van der Waals surface area contributed by atoms with Crippen LogP contribution >= 0.6 is 0 Å². The number of benzene rings is 11. The van der Waals surface area contributed by atoms with Gasteiger partial charge in [-0.3, -0.25) is 0 Å². The van der Waals surface area contributed by atoms with Gasteiger partial charge >= 0.3 is 0 Å². The zero-order valence-corrected chi connectivity index (χ0v) is 40.8. The first-order chi connectivity index (χ1) is 36.0. The van der Waals surface area contributed by atoms with Crippen LogP contribution in [0.25, 0.3) is 122 Å². The van der Waals surface area contributed by atoms with Crippen molar-refractivity contribution >= 4 is 32.3 Å². The van der Waals surface area contributed by atoms with Gasteiger partial charge in [-0.15, -0.1) is 0 Å². The molecule has 344 valence electrons. The molecule has 2 heteroatoms. The Kier molecular flexibility index (Phi) is 9.91. The van der Waals surface area contributed by atoms with Gasteiger partial charge in [0.05, 0.1) is 22.8 Å². The second kappa shape index (κ2) is 17.0. The lowest BCUT2D eigenvalue weighted by Crippen LogP contribution is -2.14. The quantitative estimate of drug-likeness (QED) is 0.134. The van der Waals surface area contributed by atoms with E-state index >= 15 is 0 Å². The molecule has 0 bridgehead atoms. The predicted molar refractivity (Wildman–Crippen MR) is 308 cm³/mol. The van der Waals surface area contributed by atoms with Crippen LogP contribution in [0.15, 0.2) is 267 Å². The van der Waals surface area contributed by atoms with Crippen molar-refractivity contribution in [2.75, 3.05) is 0 Å². The number of fused-ring (bicyclic) bond motifs is 6. The third-order valence-corrected chi connectivity index (χ3v) is 15.6. The summed E-state index contributed by atoms with van der Waals surface area (Å²) in [5, 5.41) is 7.26. The normalized spacial score (nSPS) is 12.6. The lowest BCUT2D eigenvalue weighted by molar-refractivity contribution is 0.660. The second-order valence-electron chi connectivity index (χ2n) is 20.0. The molecule has 1 aliphatic carbocycles. The van der Waals surface area contributed by atoms with Crippen molar-refractivity contribution in [1.82, 2.24) is 9.13 Å². The fraction of sp³-hybridized carbons (Fsp3) is 0.0423. The molecule has 0 amide bonds. The Labute approximate surface area is 426 Å². The molecule has 0 unspecified atom stereocenters. The van der Waals surface area contributed by atoms with Crippen molar-refractivity contribution < 1.29 is 0 Å². The minimum Gasteiger partial charge on any atom is -0.309 e. The van der Waals surface area contributed by atoms with Crippen LogP contribution in [-0.2, 0) is 5.41 Å². The lowest BCUT2D eigenvalue weighted by atomic mass is 9.80. The van der Waals surface area contributed by atoms with E-state index in [1.807, 2.05) is 0 Å². The molecule has 0 saturated carbocycles. The first-order valence-corrected chi connectivity index (χ1v) is 25.4. The fourth-order valence-electron chi connectivity index (χ4n) is 12.1. The van der Waals surface area contributed by atoms with E-state index in [-0.39, 0.29) is 5.41 Å². The molecule has 1 aliphatic rings. The smallest absolute Gasteiger partial charge is 0.0535 e. The molecule has 2 nitrogen and oxygen atoms in total. The van der Waals surface area contributed by atoms with Gasteiger partial charge < -0.3 is 9.13 Å². The predicted octanol–water partition coefficient (Wildman–Crippen LogP) is 19.0. The lowest BCUT2D eigenvalue weighted by Gasteiger charge is -2.24. The van der Waals surface area contributed by atoms with Gasteiger partial charge in [0.1, 0.15) is 0 Å². The van der Waals surface area contributed by atoms with Gasteiger partial charge in [-0.05, 0) is 160 Å². The van der Waals surface area contributed by atoms with Crippen molar-refractivity contribution in [2.24, 2.45) is 0 Å². The molecule has 0 atom stereocenters. The maximum absolute atomic E-state index is 2.51. The van der Waals surface area contributed by atoms with E-state index in [0.29, 0.717) is 0 Å². The fourth-order valence-corrected chi connectivity index (χ4v) is 12.1. The molecule has 0 fully saturated rings. The molecule has 0 saturated heterocycles. The van der Waals surface area contributed by atoms with Crippen LogP contribution in [0.2, 0.25) is 0 Å². The third kappa shape index (κ3) is 6.94. The SMILES string of the molecule is CC1(C)c2ccccc2-c2ccc(-c3c4ccc(-n5c(-c6ccccc6)ccc5-c5ccccc5)cc4c(-c4ccc5ccccc5c4)c4ccc(-n5c(-c6ccccc6)ccc5-c5ccccc5)cc34)cc21. The molecule has 0 N–H and O–H groups in total. The molecule has 14 rings (SSSR count). The molecule has 2 aromatic heterocycles. The highest BCUT2D eigenvalue weighted by atomic mass is 15.0. The van der Waals surface area contributed by atoms with Crippen LogP contribution in [0, 0.1) is 0 Å². The van der Waals surface area contributed by atoms with E-state index in [1.54, 1.807) is 0 Å². The standard InChI is InChI=1S/C71H50N2/c1-71(2)63-30-18-17-29-57(63)58-36-33-54(44-64(58)71)70-60-38-35-55(72-65(48-20-7-3-8-21-48)39-40-66(72)49-22-9-4-10-23-49)45-61(60)69(53-32-31-47-19-15-16-28-52(47)43-53)59-37-34-56(46-62(59)70)73-67(50-24-11-5-12-25-50)41-42-68(73)51-26-13-6-14-27-51/h3-46H,1-2H3. The summed E-state index contributed by atoms with van der Waals surface area (Å²) in [7, 11) is 0. The molecule has 11 aromatic carbocycles. The Bertz CT molecular complexity index is 4140. The number of nitrogens with zero attached hydrogens (tertiary/aromatic N) is 2. The van der Waals surface area contributed by atoms with Crippen LogP contribution in [0.1, 0.15) is 25.0 Å². The largest absolute Gasteiger partial charge is 0.309 e. The van der Waals surface area contributed by atoms with Crippen molar-refractivity contribution in [3.05, 3.63) is 278 Å². The van der Waals surface area contributed by atoms with Crippen molar-refractivity contribution in [1.29, 1.82) is 0 Å². The summed E-state index contributed by atoms with van der Waals surface area (Å²) in [5.74, 6) is 0. The summed E-state index contributed by atoms with van der Waals surface area (Å²) in [6.45, 7) is 4.78. The minimum absolute atomic E-state index is 0.173.